The van der Waals surface area contributed by atoms with Gasteiger partial charge in [0.1, 0.15) is 17.2 Å². The van der Waals surface area contributed by atoms with E-state index >= 15 is 0 Å². The molecule has 0 atom stereocenters. The van der Waals surface area contributed by atoms with Gasteiger partial charge in [0.15, 0.2) is 5.11 Å². The standard InChI is InChI=1S/C22H19ClN2O3S/c1-14-4-3-5-19(20(14)27-2)21(26)25-22(29)24-16-8-12-18(13-9-16)28-17-10-6-15(23)7-11-17/h3-13H,1-2H3,(H2,24,25,26,29). The van der Waals surface area contributed by atoms with Crippen LogP contribution >= 0.6 is 23.8 Å². The number of aryl methyl sites for hydroxylation is 1. The lowest BCUT2D eigenvalue weighted by molar-refractivity contribution is 0.0974. The number of para-hydroxylation sites is 1. The fourth-order valence-electron chi connectivity index (χ4n) is 2.68. The lowest BCUT2D eigenvalue weighted by atomic mass is 10.1. The fourth-order valence-corrected chi connectivity index (χ4v) is 3.02. The first kappa shape index (κ1) is 20.6. The molecule has 7 heteroatoms. The molecule has 3 aromatic carbocycles. The highest BCUT2D eigenvalue weighted by atomic mass is 35.5. The summed E-state index contributed by atoms with van der Waals surface area (Å²) in [5.41, 5.74) is 2.01. The molecule has 0 radical (unpaired) electrons. The smallest absolute Gasteiger partial charge is 0.261 e. The number of halogens is 1. The van der Waals surface area contributed by atoms with Crippen molar-refractivity contribution in [3.63, 3.8) is 0 Å². The van der Waals surface area contributed by atoms with E-state index in [1.165, 1.54) is 7.11 Å². The molecule has 3 aromatic rings. The minimum absolute atomic E-state index is 0.185. The van der Waals surface area contributed by atoms with Gasteiger partial charge in [0.25, 0.3) is 5.91 Å². The fraction of sp³-hybridized carbons (Fsp3) is 0.0909. The van der Waals surface area contributed by atoms with Gasteiger partial charge in [-0.2, -0.15) is 0 Å². The number of carbonyl (C=O) groups excluding carboxylic acids is 1. The van der Waals surface area contributed by atoms with Crippen LogP contribution in [-0.4, -0.2) is 18.1 Å². The van der Waals surface area contributed by atoms with E-state index in [0.717, 1.165) is 11.3 Å². The van der Waals surface area contributed by atoms with Gasteiger partial charge in [-0.15, -0.1) is 0 Å². The summed E-state index contributed by atoms with van der Waals surface area (Å²) in [7, 11) is 1.53. The molecule has 2 N–H and O–H groups in total. The molecule has 0 saturated carbocycles. The van der Waals surface area contributed by atoms with E-state index in [1.807, 2.05) is 13.0 Å². The first-order valence-corrected chi connectivity index (χ1v) is 9.54. The lowest BCUT2D eigenvalue weighted by Gasteiger charge is -2.13. The summed E-state index contributed by atoms with van der Waals surface area (Å²) in [6.45, 7) is 1.87. The maximum atomic E-state index is 12.5. The van der Waals surface area contributed by atoms with Crippen LogP contribution in [0.3, 0.4) is 0 Å². The second kappa shape index (κ2) is 9.41. The summed E-state index contributed by atoms with van der Waals surface area (Å²) < 4.78 is 11.1. The van der Waals surface area contributed by atoms with Crippen molar-refractivity contribution in [1.29, 1.82) is 0 Å². The summed E-state index contributed by atoms with van der Waals surface area (Å²) >= 11 is 11.1. The molecule has 0 bridgehead atoms. The van der Waals surface area contributed by atoms with Crippen LogP contribution in [0.2, 0.25) is 5.02 Å². The Morgan fingerprint density at radius 2 is 1.59 bits per heavy atom. The van der Waals surface area contributed by atoms with Crippen LogP contribution in [0.5, 0.6) is 17.2 Å². The Hall–Kier alpha value is -3.09. The van der Waals surface area contributed by atoms with E-state index in [1.54, 1.807) is 60.7 Å². The zero-order chi connectivity index (χ0) is 20.8. The summed E-state index contributed by atoms with van der Waals surface area (Å²) in [4.78, 5) is 12.5. The third kappa shape index (κ3) is 5.47. The Morgan fingerprint density at radius 1 is 0.966 bits per heavy atom. The highest BCUT2D eigenvalue weighted by Crippen LogP contribution is 2.25. The molecule has 29 heavy (non-hydrogen) atoms. The highest BCUT2D eigenvalue weighted by molar-refractivity contribution is 7.80. The minimum Gasteiger partial charge on any atom is -0.496 e. The molecule has 0 saturated heterocycles. The number of ether oxygens (including phenoxy) is 2. The Morgan fingerprint density at radius 3 is 2.21 bits per heavy atom. The minimum atomic E-state index is -0.342. The average molecular weight is 427 g/mol. The van der Waals surface area contributed by atoms with Crippen LogP contribution in [0.15, 0.2) is 66.7 Å². The molecular weight excluding hydrogens is 408 g/mol. The number of amides is 1. The van der Waals surface area contributed by atoms with Gasteiger partial charge in [0.2, 0.25) is 0 Å². The van der Waals surface area contributed by atoms with Gasteiger partial charge in [-0.05, 0) is 79.3 Å². The van der Waals surface area contributed by atoms with Crippen molar-refractivity contribution in [2.24, 2.45) is 0 Å². The molecule has 0 heterocycles. The van der Waals surface area contributed by atoms with E-state index in [-0.39, 0.29) is 11.0 Å². The average Bonchev–Trinajstić information content (AvgIpc) is 2.71. The first-order valence-electron chi connectivity index (χ1n) is 8.75. The van der Waals surface area contributed by atoms with Crippen LogP contribution in [0.1, 0.15) is 15.9 Å². The van der Waals surface area contributed by atoms with Crippen molar-refractivity contribution in [3.05, 3.63) is 82.9 Å². The highest BCUT2D eigenvalue weighted by Gasteiger charge is 2.15. The van der Waals surface area contributed by atoms with Crippen molar-refractivity contribution in [2.45, 2.75) is 6.92 Å². The number of methoxy groups -OCH3 is 1. The van der Waals surface area contributed by atoms with E-state index in [4.69, 9.17) is 33.3 Å². The predicted octanol–water partition coefficient (Wildman–Crippen LogP) is 5.58. The number of hydrogen-bond acceptors (Lipinski definition) is 4. The predicted molar refractivity (Wildman–Crippen MR) is 119 cm³/mol. The molecule has 148 valence electrons. The normalized spacial score (nSPS) is 10.2. The van der Waals surface area contributed by atoms with E-state index in [9.17, 15) is 4.79 Å². The molecule has 5 nitrogen and oxygen atoms in total. The quantitative estimate of drug-likeness (QED) is 0.522. The zero-order valence-corrected chi connectivity index (χ0v) is 17.4. The van der Waals surface area contributed by atoms with Crippen LogP contribution in [0.4, 0.5) is 5.69 Å². The van der Waals surface area contributed by atoms with Gasteiger partial charge in [-0.3, -0.25) is 10.1 Å². The molecule has 0 aliphatic heterocycles. The molecule has 0 aliphatic carbocycles. The van der Waals surface area contributed by atoms with Crippen molar-refractivity contribution < 1.29 is 14.3 Å². The van der Waals surface area contributed by atoms with Gasteiger partial charge in [-0.25, -0.2) is 0 Å². The van der Waals surface area contributed by atoms with Gasteiger partial charge in [0, 0.05) is 10.7 Å². The number of nitrogens with one attached hydrogen (secondary N) is 2. The van der Waals surface area contributed by atoms with Gasteiger partial charge < -0.3 is 14.8 Å². The topological polar surface area (TPSA) is 59.6 Å². The summed E-state index contributed by atoms with van der Waals surface area (Å²) in [6, 6.07) is 19.7. The van der Waals surface area contributed by atoms with Gasteiger partial charge in [0.05, 0.1) is 12.7 Å². The van der Waals surface area contributed by atoms with Gasteiger partial charge in [-0.1, -0.05) is 23.7 Å². The second-order valence-corrected chi connectivity index (χ2v) is 6.99. The molecule has 0 fully saturated rings. The van der Waals surface area contributed by atoms with E-state index < -0.39 is 0 Å². The zero-order valence-electron chi connectivity index (χ0n) is 15.9. The molecular formula is C22H19ClN2O3S. The maximum absolute atomic E-state index is 12.5. The van der Waals surface area contributed by atoms with E-state index in [2.05, 4.69) is 10.6 Å². The number of thiocarbonyl (C=S) groups is 1. The molecule has 3 rings (SSSR count). The van der Waals surface area contributed by atoms with Crippen LogP contribution in [0, 0.1) is 6.92 Å². The number of anilines is 1. The van der Waals surface area contributed by atoms with Crippen molar-refractivity contribution in [1.82, 2.24) is 5.32 Å². The molecule has 0 aliphatic rings. The van der Waals surface area contributed by atoms with E-state index in [0.29, 0.717) is 27.8 Å². The van der Waals surface area contributed by atoms with Crippen molar-refractivity contribution in [3.8, 4) is 17.2 Å². The number of benzene rings is 3. The lowest BCUT2D eigenvalue weighted by Crippen LogP contribution is -2.34. The van der Waals surface area contributed by atoms with Crippen LogP contribution in [0.25, 0.3) is 0 Å². The second-order valence-electron chi connectivity index (χ2n) is 6.14. The monoisotopic (exact) mass is 426 g/mol. The third-order valence-electron chi connectivity index (χ3n) is 4.05. The van der Waals surface area contributed by atoms with Crippen LogP contribution in [-0.2, 0) is 0 Å². The number of rotatable bonds is 5. The van der Waals surface area contributed by atoms with Gasteiger partial charge >= 0.3 is 0 Å². The Balaban J connectivity index is 1.60. The summed E-state index contributed by atoms with van der Waals surface area (Å²) in [5, 5.41) is 6.48. The Kier molecular flexibility index (Phi) is 6.69. The molecule has 0 unspecified atom stereocenters. The van der Waals surface area contributed by atoms with Crippen molar-refractivity contribution >= 4 is 40.5 Å². The third-order valence-corrected chi connectivity index (χ3v) is 4.51. The Bertz CT molecular complexity index is 1020. The summed E-state index contributed by atoms with van der Waals surface area (Å²) in [6.07, 6.45) is 0. The molecule has 0 spiro atoms. The van der Waals surface area contributed by atoms with Crippen LogP contribution < -0.4 is 20.1 Å². The number of carbonyl (C=O) groups is 1. The SMILES string of the molecule is COc1c(C)cccc1C(=O)NC(=S)Nc1ccc(Oc2ccc(Cl)cc2)cc1. The summed E-state index contributed by atoms with van der Waals surface area (Å²) in [5.74, 6) is 1.53. The van der Waals surface area contributed by atoms with Crippen molar-refractivity contribution in [2.75, 3.05) is 12.4 Å². The largest absolute Gasteiger partial charge is 0.496 e. The number of hydrogen-bond donors (Lipinski definition) is 2. The molecule has 0 aromatic heterocycles. The first-order chi connectivity index (χ1) is 14.0. The Labute approximate surface area is 179 Å². The maximum Gasteiger partial charge on any atom is 0.261 e. The molecule has 1 amide bonds.